The van der Waals surface area contributed by atoms with Gasteiger partial charge in [-0.3, -0.25) is 4.90 Å². The third-order valence-corrected chi connectivity index (χ3v) is 9.90. The summed E-state index contributed by atoms with van der Waals surface area (Å²) in [6, 6.07) is 7.73. The summed E-state index contributed by atoms with van der Waals surface area (Å²) in [6.07, 6.45) is 5.40. The van der Waals surface area contributed by atoms with E-state index in [2.05, 4.69) is 35.9 Å². The van der Waals surface area contributed by atoms with Gasteiger partial charge in [-0.05, 0) is 92.7 Å². The summed E-state index contributed by atoms with van der Waals surface area (Å²) < 4.78 is 44.8. The molecule has 3 unspecified atom stereocenters. The van der Waals surface area contributed by atoms with Crippen molar-refractivity contribution in [2.45, 2.75) is 75.8 Å². The first kappa shape index (κ1) is 25.2. The van der Waals surface area contributed by atoms with E-state index in [4.69, 9.17) is 0 Å². The standard InChI is InChI=1S/C27H32BrF3N4O2/c28-20-4-1-5-21(11-20)35(24(36)32-15-17-12-25(13-17)9-10-25)16-19-6-8-26(7-2-3-18(19)14-26)22-33-23(37-34-22)27(29,30)31/h1,4-5,11,17-19H,2-3,6-10,12-16H2,(H,32,36). The molecule has 37 heavy (non-hydrogen) atoms. The molecule has 1 spiro atoms. The number of fused-ring (bicyclic) bond motifs is 2. The van der Waals surface area contributed by atoms with Crippen LogP contribution in [0.5, 0.6) is 0 Å². The lowest BCUT2D eigenvalue weighted by Gasteiger charge is -2.48. The maximum absolute atomic E-state index is 13.5. The van der Waals surface area contributed by atoms with Crippen molar-refractivity contribution in [2.75, 3.05) is 18.0 Å². The van der Waals surface area contributed by atoms with Gasteiger partial charge >= 0.3 is 18.1 Å². The Labute approximate surface area is 222 Å². The van der Waals surface area contributed by atoms with Crippen molar-refractivity contribution in [1.82, 2.24) is 15.5 Å². The smallest absolute Gasteiger partial charge is 0.337 e. The molecule has 1 aromatic heterocycles. The number of hydrogen-bond acceptors (Lipinski definition) is 4. The van der Waals surface area contributed by atoms with Gasteiger partial charge in [-0.2, -0.15) is 18.2 Å². The lowest BCUT2D eigenvalue weighted by molar-refractivity contribution is -0.159. The van der Waals surface area contributed by atoms with E-state index < -0.39 is 17.5 Å². The summed E-state index contributed by atoms with van der Waals surface area (Å²) in [7, 11) is 0. The Hall–Kier alpha value is -2.10. The first-order valence-electron chi connectivity index (χ1n) is 13.4. The summed E-state index contributed by atoms with van der Waals surface area (Å²) >= 11 is 3.54. The van der Waals surface area contributed by atoms with Crippen LogP contribution in [-0.4, -0.2) is 29.3 Å². The minimum atomic E-state index is -4.64. The van der Waals surface area contributed by atoms with Gasteiger partial charge in [-0.25, -0.2) is 4.79 Å². The van der Waals surface area contributed by atoms with Gasteiger partial charge in [0.05, 0.1) is 0 Å². The van der Waals surface area contributed by atoms with Crippen LogP contribution in [0.15, 0.2) is 33.3 Å². The highest BCUT2D eigenvalue weighted by Gasteiger charge is 2.53. The molecule has 0 aliphatic heterocycles. The number of halogens is 4. The van der Waals surface area contributed by atoms with Gasteiger partial charge in [0.2, 0.25) is 0 Å². The Bertz CT molecular complexity index is 1160. The van der Waals surface area contributed by atoms with Crippen LogP contribution in [0, 0.1) is 23.2 Å². The van der Waals surface area contributed by atoms with Crippen molar-refractivity contribution in [1.29, 1.82) is 0 Å². The molecule has 4 aliphatic carbocycles. The van der Waals surface area contributed by atoms with Crippen molar-refractivity contribution in [2.24, 2.45) is 23.2 Å². The molecule has 6 rings (SSSR count). The average molecular weight is 581 g/mol. The molecule has 6 nitrogen and oxygen atoms in total. The summed E-state index contributed by atoms with van der Waals surface area (Å²) in [4.78, 5) is 19.1. The highest BCUT2D eigenvalue weighted by atomic mass is 79.9. The molecular weight excluding hydrogens is 549 g/mol. The van der Waals surface area contributed by atoms with Crippen molar-refractivity contribution >= 4 is 27.6 Å². The Morgan fingerprint density at radius 1 is 1.16 bits per heavy atom. The number of anilines is 1. The van der Waals surface area contributed by atoms with E-state index in [1.54, 1.807) is 0 Å². The highest BCUT2D eigenvalue weighted by molar-refractivity contribution is 9.10. The van der Waals surface area contributed by atoms with Crippen LogP contribution in [0.3, 0.4) is 0 Å². The molecule has 200 valence electrons. The number of carbonyl (C=O) groups excluding carboxylic acids is 1. The largest absolute Gasteiger partial charge is 0.471 e. The Balaban J connectivity index is 1.16. The number of nitrogens with one attached hydrogen (secondary N) is 1. The first-order valence-corrected chi connectivity index (χ1v) is 14.2. The maximum Gasteiger partial charge on any atom is 0.471 e. The van der Waals surface area contributed by atoms with Gasteiger partial charge in [0, 0.05) is 28.7 Å². The molecule has 10 heteroatoms. The van der Waals surface area contributed by atoms with Crippen molar-refractivity contribution in [3.05, 3.63) is 40.5 Å². The van der Waals surface area contributed by atoms with Crippen molar-refractivity contribution < 1.29 is 22.5 Å². The van der Waals surface area contributed by atoms with Crippen molar-refractivity contribution in [3.8, 4) is 0 Å². The Morgan fingerprint density at radius 2 is 1.97 bits per heavy atom. The third kappa shape index (κ3) is 5.02. The monoisotopic (exact) mass is 580 g/mol. The summed E-state index contributed by atoms with van der Waals surface area (Å²) in [5.74, 6) is 0.0434. The van der Waals surface area contributed by atoms with Gasteiger partial charge in [0.25, 0.3) is 0 Å². The number of rotatable bonds is 6. The van der Waals surface area contributed by atoms with Crippen LogP contribution < -0.4 is 10.2 Å². The minimum Gasteiger partial charge on any atom is -0.337 e. The number of aromatic nitrogens is 2. The quantitative estimate of drug-likeness (QED) is 0.395. The van der Waals surface area contributed by atoms with Gasteiger partial charge in [-0.15, -0.1) is 0 Å². The van der Waals surface area contributed by atoms with Crippen LogP contribution in [0.25, 0.3) is 0 Å². The van der Waals surface area contributed by atoms with Crippen molar-refractivity contribution in [3.63, 3.8) is 0 Å². The molecule has 1 aromatic carbocycles. The molecule has 4 saturated carbocycles. The number of carbonyl (C=O) groups is 1. The van der Waals surface area contributed by atoms with Crippen LogP contribution in [0.4, 0.5) is 23.7 Å². The maximum atomic E-state index is 13.5. The third-order valence-electron chi connectivity index (χ3n) is 9.41. The minimum absolute atomic E-state index is 0.0736. The van der Waals surface area contributed by atoms with E-state index in [1.807, 2.05) is 29.2 Å². The zero-order valence-electron chi connectivity index (χ0n) is 20.7. The number of alkyl halides is 3. The first-order chi connectivity index (χ1) is 17.6. The fourth-order valence-electron chi connectivity index (χ4n) is 7.25. The lowest BCUT2D eigenvalue weighted by Crippen LogP contribution is -2.49. The number of benzene rings is 1. The number of hydrogen-bond donors (Lipinski definition) is 1. The topological polar surface area (TPSA) is 71.3 Å². The van der Waals surface area contributed by atoms with Gasteiger partial charge in [-0.1, -0.05) is 40.0 Å². The fraction of sp³-hybridized carbons (Fsp3) is 0.667. The predicted octanol–water partition coefficient (Wildman–Crippen LogP) is 7.10. The molecule has 4 fully saturated rings. The molecule has 1 N–H and O–H groups in total. The molecule has 0 saturated heterocycles. The Kier molecular flexibility index (Phi) is 6.31. The molecule has 2 amide bonds. The molecule has 2 aromatic rings. The van der Waals surface area contributed by atoms with E-state index in [0.717, 1.165) is 42.3 Å². The van der Waals surface area contributed by atoms with E-state index in [0.29, 0.717) is 36.8 Å². The van der Waals surface area contributed by atoms with Crippen LogP contribution in [-0.2, 0) is 11.6 Å². The Morgan fingerprint density at radius 3 is 2.68 bits per heavy atom. The van der Waals surface area contributed by atoms with E-state index in [-0.39, 0.29) is 17.8 Å². The second-order valence-corrected chi connectivity index (χ2v) is 12.8. The van der Waals surface area contributed by atoms with Gasteiger partial charge in [0.1, 0.15) is 0 Å². The lowest BCUT2D eigenvalue weighted by atomic mass is 9.58. The molecule has 4 aliphatic rings. The van der Waals surface area contributed by atoms with E-state index in [1.165, 1.54) is 25.7 Å². The highest BCUT2D eigenvalue weighted by Crippen LogP contribution is 2.63. The number of urea groups is 1. The van der Waals surface area contributed by atoms with E-state index in [9.17, 15) is 18.0 Å². The normalized spacial score (nSPS) is 28.5. The SMILES string of the molecule is O=C(NCC1CC2(CC2)C1)N(CC1CCC2(c3noc(C(F)(F)F)n3)CCCC1C2)c1cccc(Br)c1. The predicted molar refractivity (Wildman–Crippen MR) is 135 cm³/mol. The van der Waals surface area contributed by atoms with Crippen LogP contribution in [0.2, 0.25) is 0 Å². The number of amides is 2. The molecule has 3 atom stereocenters. The van der Waals surface area contributed by atoms with Crippen LogP contribution in [0.1, 0.15) is 75.9 Å². The summed E-state index contributed by atoms with van der Waals surface area (Å²) in [5, 5.41) is 6.97. The van der Waals surface area contributed by atoms with Gasteiger partial charge in [0.15, 0.2) is 5.82 Å². The summed E-state index contributed by atoms with van der Waals surface area (Å²) in [5.41, 5.74) is 0.979. The van der Waals surface area contributed by atoms with E-state index >= 15 is 0 Å². The zero-order chi connectivity index (χ0) is 25.8. The molecule has 0 radical (unpaired) electrons. The molecule has 2 bridgehead atoms. The number of nitrogens with zero attached hydrogens (tertiary/aromatic N) is 3. The average Bonchev–Trinajstić information content (AvgIpc) is 3.46. The van der Waals surface area contributed by atoms with Gasteiger partial charge < -0.3 is 9.84 Å². The summed E-state index contributed by atoms with van der Waals surface area (Å²) in [6.45, 7) is 1.29. The fourth-order valence-corrected chi connectivity index (χ4v) is 7.64. The van der Waals surface area contributed by atoms with Crippen LogP contribution >= 0.6 is 15.9 Å². The molecule has 1 heterocycles. The second kappa shape index (κ2) is 9.27. The molecular formula is C27H32BrF3N4O2. The zero-order valence-corrected chi connectivity index (χ0v) is 22.3. The second-order valence-electron chi connectivity index (χ2n) is 11.9.